The van der Waals surface area contributed by atoms with E-state index in [1.807, 2.05) is 0 Å². The number of rotatable bonds is 1. The summed E-state index contributed by atoms with van der Waals surface area (Å²) in [5, 5.41) is 9.33. The van der Waals surface area contributed by atoms with Crippen molar-refractivity contribution in [1.82, 2.24) is 4.98 Å². The van der Waals surface area contributed by atoms with Crippen molar-refractivity contribution in [3.8, 4) is 17.0 Å². The van der Waals surface area contributed by atoms with Gasteiger partial charge in [-0.05, 0) is 18.2 Å². The van der Waals surface area contributed by atoms with Crippen LogP contribution in [0.3, 0.4) is 0 Å². The van der Waals surface area contributed by atoms with Crippen LogP contribution in [-0.2, 0) is 0 Å². The van der Waals surface area contributed by atoms with E-state index >= 15 is 0 Å². The highest BCUT2D eigenvalue weighted by atomic mass is 19.1. The van der Waals surface area contributed by atoms with Crippen LogP contribution in [0.25, 0.3) is 11.3 Å². The maximum Gasteiger partial charge on any atom is 0.141 e. The third-order valence-electron chi connectivity index (χ3n) is 1.87. The molecule has 2 N–H and O–H groups in total. The molecule has 0 aliphatic rings. The van der Waals surface area contributed by atoms with E-state index in [-0.39, 0.29) is 11.6 Å². The van der Waals surface area contributed by atoms with E-state index in [1.165, 1.54) is 12.1 Å². The summed E-state index contributed by atoms with van der Waals surface area (Å²) in [4.78, 5) is 2.77. The number of nitrogens with one attached hydrogen (secondary N) is 1. The van der Waals surface area contributed by atoms with Crippen LogP contribution >= 0.6 is 0 Å². The summed E-state index contributed by atoms with van der Waals surface area (Å²) < 4.78 is 13.2. The fourth-order valence-corrected chi connectivity index (χ4v) is 1.24. The molecule has 0 bridgehead atoms. The maximum atomic E-state index is 13.2. The van der Waals surface area contributed by atoms with E-state index in [9.17, 15) is 9.50 Å². The zero-order chi connectivity index (χ0) is 9.26. The zero-order valence-electron chi connectivity index (χ0n) is 6.79. The Morgan fingerprint density at radius 1 is 1.15 bits per heavy atom. The molecule has 66 valence electrons. The zero-order valence-corrected chi connectivity index (χ0v) is 6.79. The smallest absolute Gasteiger partial charge is 0.141 e. The predicted octanol–water partition coefficient (Wildman–Crippen LogP) is 2.53. The lowest BCUT2D eigenvalue weighted by molar-refractivity contribution is 0.477. The average molecular weight is 177 g/mol. The molecule has 0 aliphatic carbocycles. The maximum absolute atomic E-state index is 13.2. The van der Waals surface area contributed by atoms with Gasteiger partial charge in [0.2, 0.25) is 0 Å². The monoisotopic (exact) mass is 177 g/mol. The van der Waals surface area contributed by atoms with E-state index < -0.39 is 0 Å². The normalized spacial score (nSPS) is 10.2. The van der Waals surface area contributed by atoms with Crippen LogP contribution in [0.1, 0.15) is 0 Å². The van der Waals surface area contributed by atoms with Crippen molar-refractivity contribution in [2.75, 3.05) is 0 Å². The quantitative estimate of drug-likeness (QED) is 0.689. The van der Waals surface area contributed by atoms with E-state index in [2.05, 4.69) is 4.98 Å². The van der Waals surface area contributed by atoms with Crippen molar-refractivity contribution < 1.29 is 9.50 Å². The highest BCUT2D eigenvalue weighted by molar-refractivity contribution is 5.66. The Labute approximate surface area is 74.7 Å². The topological polar surface area (TPSA) is 36.0 Å². The molecule has 2 rings (SSSR count). The van der Waals surface area contributed by atoms with Crippen LogP contribution in [0.5, 0.6) is 5.75 Å². The summed E-state index contributed by atoms with van der Waals surface area (Å²) in [5.41, 5.74) is 0.795. The highest BCUT2D eigenvalue weighted by Gasteiger charge is 2.08. The molecule has 3 heteroatoms. The minimum atomic E-state index is -0.347. The SMILES string of the molecule is Oc1cc[nH]c1-c1ccccc1F. The lowest BCUT2D eigenvalue weighted by atomic mass is 10.1. The minimum absolute atomic E-state index is 0.0603. The fourth-order valence-electron chi connectivity index (χ4n) is 1.24. The molecule has 1 aromatic carbocycles. The fraction of sp³-hybridized carbons (Fsp3) is 0. The molecule has 0 saturated carbocycles. The highest BCUT2D eigenvalue weighted by Crippen LogP contribution is 2.28. The second-order valence-corrected chi connectivity index (χ2v) is 2.72. The van der Waals surface area contributed by atoms with Crippen molar-refractivity contribution in [1.29, 1.82) is 0 Å². The average Bonchev–Trinajstić information content (AvgIpc) is 2.52. The minimum Gasteiger partial charge on any atom is -0.506 e. The molecule has 13 heavy (non-hydrogen) atoms. The molecule has 0 saturated heterocycles. The first kappa shape index (κ1) is 7.86. The molecule has 0 atom stereocenters. The number of H-pyrrole nitrogens is 1. The number of hydrogen-bond acceptors (Lipinski definition) is 1. The van der Waals surface area contributed by atoms with Gasteiger partial charge >= 0.3 is 0 Å². The lowest BCUT2D eigenvalue weighted by Gasteiger charge is -2.00. The number of hydrogen-bond donors (Lipinski definition) is 2. The Morgan fingerprint density at radius 3 is 2.54 bits per heavy atom. The Bertz CT molecular complexity index is 422. The van der Waals surface area contributed by atoms with Crippen LogP contribution in [0.2, 0.25) is 0 Å². The van der Waals surface area contributed by atoms with Gasteiger partial charge in [0.25, 0.3) is 0 Å². The van der Waals surface area contributed by atoms with E-state index in [1.54, 1.807) is 24.4 Å². The van der Waals surface area contributed by atoms with Crippen LogP contribution in [-0.4, -0.2) is 10.1 Å². The van der Waals surface area contributed by atoms with Crippen molar-refractivity contribution in [3.63, 3.8) is 0 Å². The van der Waals surface area contributed by atoms with E-state index in [0.29, 0.717) is 11.3 Å². The van der Waals surface area contributed by atoms with Gasteiger partial charge in [-0.25, -0.2) is 4.39 Å². The summed E-state index contributed by atoms with van der Waals surface area (Å²) in [6.45, 7) is 0. The lowest BCUT2D eigenvalue weighted by Crippen LogP contribution is -1.83. The first-order valence-corrected chi connectivity index (χ1v) is 3.90. The summed E-state index contributed by atoms with van der Waals surface area (Å²) in [5.74, 6) is -0.287. The molecule has 0 amide bonds. The molecule has 0 spiro atoms. The van der Waals surface area contributed by atoms with Gasteiger partial charge in [-0.15, -0.1) is 0 Å². The number of aromatic amines is 1. The van der Waals surface area contributed by atoms with Crippen molar-refractivity contribution in [3.05, 3.63) is 42.3 Å². The first-order valence-electron chi connectivity index (χ1n) is 3.90. The molecular formula is C10H8FNO. The van der Waals surface area contributed by atoms with Gasteiger partial charge in [0.05, 0.1) is 5.69 Å². The van der Waals surface area contributed by atoms with Gasteiger partial charge < -0.3 is 10.1 Å². The Morgan fingerprint density at radius 2 is 1.92 bits per heavy atom. The summed E-state index contributed by atoms with van der Waals surface area (Å²) >= 11 is 0. The Hall–Kier alpha value is -1.77. The third-order valence-corrected chi connectivity index (χ3v) is 1.87. The molecule has 0 unspecified atom stereocenters. The van der Waals surface area contributed by atoms with Gasteiger partial charge in [-0.3, -0.25) is 0 Å². The molecule has 0 aliphatic heterocycles. The summed E-state index contributed by atoms with van der Waals surface area (Å²) in [6, 6.07) is 7.79. The Kier molecular flexibility index (Phi) is 1.77. The number of halogens is 1. The molecule has 0 radical (unpaired) electrons. The molecule has 2 aromatic rings. The van der Waals surface area contributed by atoms with Crippen molar-refractivity contribution >= 4 is 0 Å². The second-order valence-electron chi connectivity index (χ2n) is 2.72. The van der Waals surface area contributed by atoms with Crippen LogP contribution in [0.15, 0.2) is 36.5 Å². The van der Waals surface area contributed by atoms with Crippen LogP contribution in [0, 0.1) is 5.82 Å². The standard InChI is InChI=1S/C10H8FNO/c11-8-4-2-1-3-7(8)10-9(13)5-6-12-10/h1-6,12-13H. The molecule has 1 heterocycles. The predicted molar refractivity (Wildman–Crippen MR) is 47.9 cm³/mol. The van der Waals surface area contributed by atoms with Gasteiger partial charge in [-0.1, -0.05) is 12.1 Å². The van der Waals surface area contributed by atoms with E-state index in [4.69, 9.17) is 0 Å². The number of aromatic nitrogens is 1. The van der Waals surface area contributed by atoms with Crippen molar-refractivity contribution in [2.45, 2.75) is 0 Å². The van der Waals surface area contributed by atoms with Gasteiger partial charge in [0, 0.05) is 11.8 Å². The molecular weight excluding hydrogens is 169 g/mol. The summed E-state index contributed by atoms with van der Waals surface area (Å²) in [6.07, 6.45) is 1.57. The first-order chi connectivity index (χ1) is 6.29. The van der Waals surface area contributed by atoms with Gasteiger partial charge in [0.15, 0.2) is 0 Å². The molecule has 2 nitrogen and oxygen atoms in total. The molecule has 0 fully saturated rings. The van der Waals surface area contributed by atoms with E-state index in [0.717, 1.165) is 0 Å². The second kappa shape index (κ2) is 2.94. The van der Waals surface area contributed by atoms with Crippen LogP contribution in [0.4, 0.5) is 4.39 Å². The Balaban J connectivity index is 2.59. The third kappa shape index (κ3) is 1.28. The molecule has 1 aromatic heterocycles. The largest absolute Gasteiger partial charge is 0.506 e. The number of benzene rings is 1. The van der Waals surface area contributed by atoms with Gasteiger partial charge in [0.1, 0.15) is 11.6 Å². The van der Waals surface area contributed by atoms with Gasteiger partial charge in [-0.2, -0.15) is 0 Å². The summed E-state index contributed by atoms with van der Waals surface area (Å²) in [7, 11) is 0. The van der Waals surface area contributed by atoms with Crippen LogP contribution < -0.4 is 0 Å². The van der Waals surface area contributed by atoms with Crippen molar-refractivity contribution in [2.24, 2.45) is 0 Å². The number of aromatic hydroxyl groups is 1.